The van der Waals surface area contributed by atoms with Crippen LogP contribution in [0, 0.1) is 0 Å². The van der Waals surface area contributed by atoms with Crippen LogP contribution in [0.5, 0.6) is 0 Å². The average molecular weight is 357 g/mol. The molecule has 3 aromatic rings. The first-order valence-electron chi connectivity index (χ1n) is 5.20. The Morgan fingerprint density at radius 1 is 0.944 bits per heavy atom. The molecule has 90 valence electrons. The molecule has 0 fully saturated rings. The van der Waals surface area contributed by atoms with Gasteiger partial charge in [-0.2, -0.15) is 0 Å². The lowest BCUT2D eigenvalue weighted by Gasteiger charge is -1.95. The SMILES string of the molecule is Clc1ccc(-c2cnc(-c3ccc(Br)cc3)s2)s1. The maximum Gasteiger partial charge on any atom is 0.123 e. The Balaban J connectivity index is 1.96. The standard InChI is InChI=1S/C13H7BrClNS2/c14-9-3-1-8(2-4-9)13-16-7-11(18-13)10-5-6-12(15)17-10/h1-7H. The predicted molar refractivity (Wildman–Crippen MR) is 83.6 cm³/mol. The second kappa shape index (κ2) is 5.13. The molecule has 0 saturated heterocycles. The van der Waals surface area contributed by atoms with Crippen molar-refractivity contribution >= 4 is 50.2 Å². The van der Waals surface area contributed by atoms with Crippen molar-refractivity contribution in [3.8, 4) is 20.3 Å². The van der Waals surface area contributed by atoms with Crippen LogP contribution in [0.4, 0.5) is 0 Å². The third-order valence-electron chi connectivity index (χ3n) is 2.41. The van der Waals surface area contributed by atoms with Crippen molar-refractivity contribution in [1.82, 2.24) is 4.98 Å². The van der Waals surface area contributed by atoms with Gasteiger partial charge in [-0.3, -0.25) is 0 Å². The van der Waals surface area contributed by atoms with Gasteiger partial charge in [0.1, 0.15) is 5.01 Å². The summed E-state index contributed by atoms with van der Waals surface area (Å²) in [5.74, 6) is 0. The highest BCUT2D eigenvalue weighted by Gasteiger charge is 2.08. The normalized spacial score (nSPS) is 10.8. The molecule has 1 nitrogen and oxygen atoms in total. The number of hydrogen-bond acceptors (Lipinski definition) is 3. The lowest BCUT2D eigenvalue weighted by molar-refractivity contribution is 1.41. The van der Waals surface area contributed by atoms with E-state index >= 15 is 0 Å². The van der Waals surface area contributed by atoms with E-state index in [-0.39, 0.29) is 0 Å². The first-order chi connectivity index (χ1) is 8.72. The molecule has 18 heavy (non-hydrogen) atoms. The van der Waals surface area contributed by atoms with Crippen molar-refractivity contribution in [2.24, 2.45) is 0 Å². The third kappa shape index (κ3) is 2.52. The van der Waals surface area contributed by atoms with Crippen molar-refractivity contribution in [2.45, 2.75) is 0 Å². The Bertz CT molecular complexity index is 672. The Hall–Kier alpha value is -0.680. The Kier molecular flexibility index (Phi) is 3.52. The second-order valence-corrected chi connectivity index (χ2v) is 7.30. The van der Waals surface area contributed by atoms with Gasteiger partial charge in [0.05, 0.1) is 9.21 Å². The molecule has 0 unspecified atom stereocenters. The number of nitrogens with zero attached hydrogens (tertiary/aromatic N) is 1. The highest BCUT2D eigenvalue weighted by atomic mass is 79.9. The van der Waals surface area contributed by atoms with Crippen LogP contribution in [-0.2, 0) is 0 Å². The molecule has 1 aromatic carbocycles. The van der Waals surface area contributed by atoms with Gasteiger partial charge >= 0.3 is 0 Å². The molecule has 0 aliphatic rings. The highest BCUT2D eigenvalue weighted by molar-refractivity contribution is 9.10. The molecule has 3 rings (SSSR count). The molecule has 0 N–H and O–H groups in total. The molecule has 0 radical (unpaired) electrons. The van der Waals surface area contributed by atoms with Crippen molar-refractivity contribution in [1.29, 1.82) is 0 Å². The van der Waals surface area contributed by atoms with E-state index < -0.39 is 0 Å². The Morgan fingerprint density at radius 2 is 1.72 bits per heavy atom. The van der Waals surface area contributed by atoms with Crippen LogP contribution in [0.3, 0.4) is 0 Å². The van der Waals surface area contributed by atoms with Crippen LogP contribution < -0.4 is 0 Å². The van der Waals surface area contributed by atoms with Gasteiger partial charge < -0.3 is 0 Å². The van der Waals surface area contributed by atoms with Crippen molar-refractivity contribution in [3.05, 3.63) is 51.4 Å². The molecular formula is C13H7BrClNS2. The summed E-state index contributed by atoms with van der Waals surface area (Å²) in [6.07, 6.45) is 1.91. The topological polar surface area (TPSA) is 12.9 Å². The Morgan fingerprint density at radius 3 is 2.39 bits per heavy atom. The first kappa shape index (κ1) is 12.4. The van der Waals surface area contributed by atoms with Gasteiger partial charge in [0.15, 0.2) is 0 Å². The average Bonchev–Trinajstić information content (AvgIpc) is 2.98. The van der Waals surface area contributed by atoms with E-state index in [1.54, 1.807) is 22.7 Å². The van der Waals surface area contributed by atoms with Gasteiger partial charge in [0, 0.05) is 21.1 Å². The Labute approximate surface area is 126 Å². The zero-order chi connectivity index (χ0) is 12.5. The molecule has 0 bridgehead atoms. The van der Waals surface area contributed by atoms with Gasteiger partial charge in [-0.15, -0.1) is 22.7 Å². The van der Waals surface area contributed by atoms with E-state index in [1.165, 1.54) is 4.88 Å². The lowest BCUT2D eigenvalue weighted by Crippen LogP contribution is -1.73. The summed E-state index contributed by atoms with van der Waals surface area (Å²) < 4.78 is 1.89. The lowest BCUT2D eigenvalue weighted by atomic mass is 10.2. The zero-order valence-corrected chi connectivity index (χ0v) is 13.0. The summed E-state index contributed by atoms with van der Waals surface area (Å²) in [6, 6.07) is 12.1. The number of hydrogen-bond donors (Lipinski definition) is 0. The van der Waals surface area contributed by atoms with E-state index in [0.29, 0.717) is 0 Å². The van der Waals surface area contributed by atoms with E-state index in [9.17, 15) is 0 Å². The zero-order valence-electron chi connectivity index (χ0n) is 9.06. The number of thiophene rings is 1. The number of rotatable bonds is 2. The molecule has 5 heteroatoms. The molecule has 0 atom stereocenters. The number of aromatic nitrogens is 1. The monoisotopic (exact) mass is 355 g/mol. The van der Waals surface area contributed by atoms with Crippen LogP contribution in [-0.4, -0.2) is 4.98 Å². The number of benzene rings is 1. The molecule has 0 aliphatic carbocycles. The van der Waals surface area contributed by atoms with Crippen molar-refractivity contribution in [2.75, 3.05) is 0 Å². The van der Waals surface area contributed by atoms with Gasteiger partial charge in [0.2, 0.25) is 0 Å². The second-order valence-electron chi connectivity index (χ2n) is 3.64. The van der Waals surface area contributed by atoms with E-state index in [4.69, 9.17) is 11.6 Å². The summed E-state index contributed by atoms with van der Waals surface area (Å²) >= 11 is 12.6. The van der Waals surface area contributed by atoms with Gasteiger partial charge in [-0.1, -0.05) is 39.7 Å². The molecule has 0 amide bonds. The molecule has 0 spiro atoms. The van der Waals surface area contributed by atoms with Crippen molar-refractivity contribution in [3.63, 3.8) is 0 Å². The van der Waals surface area contributed by atoms with E-state index in [1.807, 2.05) is 30.5 Å². The van der Waals surface area contributed by atoms with Crippen LogP contribution in [0.2, 0.25) is 4.34 Å². The minimum Gasteiger partial charge on any atom is -0.244 e. The summed E-state index contributed by atoms with van der Waals surface area (Å²) in [5.41, 5.74) is 1.14. The molecule has 2 heterocycles. The third-order valence-corrected chi connectivity index (χ3v) is 5.41. The summed E-state index contributed by atoms with van der Waals surface area (Å²) in [7, 11) is 0. The van der Waals surface area contributed by atoms with E-state index in [2.05, 4.69) is 33.0 Å². The smallest absolute Gasteiger partial charge is 0.123 e. The van der Waals surface area contributed by atoms with Gasteiger partial charge in [-0.05, 0) is 24.3 Å². The van der Waals surface area contributed by atoms with E-state index in [0.717, 1.165) is 24.3 Å². The quantitative estimate of drug-likeness (QED) is 0.552. The highest BCUT2D eigenvalue weighted by Crippen LogP contribution is 2.37. The number of halogens is 2. The van der Waals surface area contributed by atoms with Crippen LogP contribution in [0.15, 0.2) is 47.1 Å². The minimum atomic E-state index is 0.809. The largest absolute Gasteiger partial charge is 0.244 e. The van der Waals surface area contributed by atoms with Crippen molar-refractivity contribution < 1.29 is 0 Å². The molecular weight excluding hydrogens is 350 g/mol. The van der Waals surface area contributed by atoms with Crippen LogP contribution in [0.1, 0.15) is 0 Å². The summed E-state index contributed by atoms with van der Waals surface area (Å²) in [5, 5.41) is 1.03. The first-order valence-corrected chi connectivity index (χ1v) is 8.00. The maximum absolute atomic E-state index is 5.95. The molecule has 0 aliphatic heterocycles. The fraction of sp³-hybridized carbons (Fsp3) is 0. The molecule has 0 saturated carbocycles. The van der Waals surface area contributed by atoms with Gasteiger partial charge in [-0.25, -0.2) is 4.98 Å². The fourth-order valence-electron chi connectivity index (χ4n) is 1.56. The van der Waals surface area contributed by atoms with Crippen LogP contribution in [0.25, 0.3) is 20.3 Å². The minimum absolute atomic E-state index is 0.809. The van der Waals surface area contributed by atoms with Crippen LogP contribution >= 0.6 is 50.2 Å². The number of thiazole rings is 1. The predicted octanol–water partition coefficient (Wildman–Crippen LogP) is 5.95. The van der Waals surface area contributed by atoms with Gasteiger partial charge in [0.25, 0.3) is 0 Å². The summed E-state index contributed by atoms with van der Waals surface area (Å²) in [6.45, 7) is 0. The summed E-state index contributed by atoms with van der Waals surface area (Å²) in [4.78, 5) is 6.79. The maximum atomic E-state index is 5.95. The molecule has 2 aromatic heterocycles. The fourth-order valence-corrected chi connectivity index (χ4v) is 3.86.